The van der Waals surface area contributed by atoms with Gasteiger partial charge in [-0.2, -0.15) is 0 Å². The third kappa shape index (κ3) is 1.86. The number of hydrogen-bond acceptors (Lipinski definition) is 4. The first-order valence-corrected chi connectivity index (χ1v) is 6.78. The van der Waals surface area contributed by atoms with E-state index in [1.165, 1.54) is 12.2 Å². The number of rotatable bonds is 2. The minimum atomic E-state index is -3.77. The van der Waals surface area contributed by atoms with Crippen molar-refractivity contribution < 1.29 is 17.9 Å². The van der Waals surface area contributed by atoms with Crippen molar-refractivity contribution in [2.24, 2.45) is 0 Å². The summed E-state index contributed by atoms with van der Waals surface area (Å²) >= 11 is 0. The summed E-state index contributed by atoms with van der Waals surface area (Å²) in [5.41, 5.74) is 1.44. The van der Waals surface area contributed by atoms with Crippen LogP contribution in [-0.4, -0.2) is 21.5 Å². The third-order valence-electron chi connectivity index (χ3n) is 2.76. The Morgan fingerprint density at radius 1 is 1.17 bits per heavy atom. The number of esters is 1. The molecule has 5 heteroatoms. The van der Waals surface area contributed by atoms with Gasteiger partial charge in [-0.3, -0.25) is 0 Å². The molecule has 2 rings (SSSR count). The number of ether oxygens (including phenoxy) is 1. The number of carbonyl (C=O) groups is 1. The molecule has 0 fully saturated rings. The van der Waals surface area contributed by atoms with Crippen LogP contribution in [0.5, 0.6) is 0 Å². The van der Waals surface area contributed by atoms with Crippen molar-refractivity contribution in [3.05, 3.63) is 52.4 Å². The molecule has 0 radical (unpaired) electrons. The van der Waals surface area contributed by atoms with E-state index in [0.29, 0.717) is 5.56 Å². The Labute approximate surface area is 106 Å². The van der Waals surface area contributed by atoms with Crippen LogP contribution in [0.2, 0.25) is 0 Å². The summed E-state index contributed by atoms with van der Waals surface area (Å²) in [6.07, 6.45) is 2.72. The molecule has 0 aromatic heterocycles. The van der Waals surface area contributed by atoms with Gasteiger partial charge in [0.15, 0.2) is 4.91 Å². The van der Waals surface area contributed by atoms with E-state index in [2.05, 4.69) is 4.74 Å². The molecule has 1 heterocycles. The highest BCUT2D eigenvalue weighted by atomic mass is 32.2. The first kappa shape index (κ1) is 12.6. The minimum absolute atomic E-state index is 0.140. The van der Waals surface area contributed by atoms with Gasteiger partial charge < -0.3 is 4.74 Å². The van der Waals surface area contributed by atoms with Crippen LogP contribution in [0.15, 0.2) is 41.3 Å². The number of hydrogen-bond donors (Lipinski definition) is 0. The zero-order chi connectivity index (χ0) is 13.3. The van der Waals surface area contributed by atoms with E-state index in [9.17, 15) is 13.2 Å². The number of sulfone groups is 1. The summed E-state index contributed by atoms with van der Waals surface area (Å²) in [7, 11) is -2.61. The van der Waals surface area contributed by atoms with Gasteiger partial charge in [0.05, 0.1) is 12.0 Å². The van der Waals surface area contributed by atoms with Crippen LogP contribution in [0.25, 0.3) is 4.91 Å². The van der Waals surface area contributed by atoms with Gasteiger partial charge in [-0.05, 0) is 30.2 Å². The van der Waals surface area contributed by atoms with Crippen molar-refractivity contribution in [1.29, 1.82) is 0 Å². The molecule has 0 unspecified atom stereocenters. The Kier molecular flexibility index (Phi) is 3.09. The topological polar surface area (TPSA) is 60.4 Å². The van der Waals surface area contributed by atoms with Crippen LogP contribution in [0.4, 0.5) is 0 Å². The maximum Gasteiger partial charge on any atom is 0.349 e. The van der Waals surface area contributed by atoms with Gasteiger partial charge in [0.1, 0.15) is 0 Å². The smallest absolute Gasteiger partial charge is 0.349 e. The molecule has 18 heavy (non-hydrogen) atoms. The van der Waals surface area contributed by atoms with Crippen LogP contribution in [0.1, 0.15) is 11.1 Å². The van der Waals surface area contributed by atoms with Crippen molar-refractivity contribution in [2.75, 3.05) is 7.11 Å². The van der Waals surface area contributed by atoms with Crippen molar-refractivity contribution in [1.82, 2.24) is 0 Å². The Hall–Kier alpha value is -1.88. The first-order valence-electron chi connectivity index (χ1n) is 5.30. The Balaban J connectivity index is 2.49. The van der Waals surface area contributed by atoms with Crippen molar-refractivity contribution in [3.63, 3.8) is 0 Å². The van der Waals surface area contributed by atoms with Crippen molar-refractivity contribution in [2.45, 2.75) is 6.92 Å². The molecule has 1 aromatic rings. The number of methoxy groups -OCH3 is 1. The molecule has 0 atom stereocenters. The number of allylic oxidation sites excluding steroid dienone is 2. The van der Waals surface area contributed by atoms with Crippen LogP contribution < -0.4 is 0 Å². The molecular weight excluding hydrogens is 252 g/mol. The van der Waals surface area contributed by atoms with Crippen molar-refractivity contribution in [3.8, 4) is 0 Å². The standard InChI is InChI=1S/C13H12O4S/c1-9-5-3-4-6-10(9)11-7-8-12(13(14)17-2)18(11,15)16/h3-8H,1-2H3. The number of aryl methyl sites for hydroxylation is 1. The zero-order valence-electron chi connectivity index (χ0n) is 10.0. The molecular formula is C13H12O4S. The predicted molar refractivity (Wildman–Crippen MR) is 68.2 cm³/mol. The molecule has 0 bridgehead atoms. The number of benzene rings is 1. The fourth-order valence-electron chi connectivity index (χ4n) is 1.81. The molecule has 0 amide bonds. The molecule has 0 saturated carbocycles. The first-order chi connectivity index (χ1) is 8.48. The lowest BCUT2D eigenvalue weighted by atomic mass is 10.1. The van der Waals surface area contributed by atoms with Gasteiger partial charge in [0.2, 0.25) is 9.84 Å². The van der Waals surface area contributed by atoms with Crippen LogP contribution in [-0.2, 0) is 19.4 Å². The minimum Gasteiger partial charge on any atom is -0.465 e. The molecule has 0 spiro atoms. The van der Waals surface area contributed by atoms with E-state index in [1.807, 2.05) is 19.1 Å². The van der Waals surface area contributed by atoms with E-state index in [4.69, 9.17) is 0 Å². The second kappa shape index (κ2) is 4.42. The fraction of sp³-hybridized carbons (Fsp3) is 0.154. The zero-order valence-corrected chi connectivity index (χ0v) is 10.8. The van der Waals surface area contributed by atoms with Gasteiger partial charge >= 0.3 is 5.97 Å². The van der Waals surface area contributed by atoms with E-state index >= 15 is 0 Å². The van der Waals surface area contributed by atoms with Gasteiger partial charge in [-0.25, -0.2) is 13.2 Å². The summed E-state index contributed by atoms with van der Waals surface area (Å²) in [6, 6.07) is 7.12. The van der Waals surface area contributed by atoms with Gasteiger partial charge in [-0.1, -0.05) is 24.3 Å². The molecule has 0 N–H and O–H groups in total. The molecule has 94 valence electrons. The monoisotopic (exact) mass is 264 g/mol. The van der Waals surface area contributed by atoms with Gasteiger partial charge in [-0.15, -0.1) is 0 Å². The van der Waals surface area contributed by atoms with E-state index in [1.54, 1.807) is 12.1 Å². The van der Waals surface area contributed by atoms with Gasteiger partial charge in [0.25, 0.3) is 0 Å². The van der Waals surface area contributed by atoms with Crippen molar-refractivity contribution >= 4 is 20.7 Å². The lowest BCUT2D eigenvalue weighted by molar-refractivity contribution is -0.135. The summed E-state index contributed by atoms with van der Waals surface area (Å²) in [6.45, 7) is 1.82. The molecule has 0 aliphatic carbocycles. The summed E-state index contributed by atoms with van der Waals surface area (Å²) in [5.74, 6) is -0.838. The molecule has 4 nitrogen and oxygen atoms in total. The Morgan fingerprint density at radius 3 is 2.44 bits per heavy atom. The summed E-state index contributed by atoms with van der Waals surface area (Å²) < 4.78 is 28.9. The highest BCUT2D eigenvalue weighted by Gasteiger charge is 2.34. The second-order valence-electron chi connectivity index (χ2n) is 3.87. The largest absolute Gasteiger partial charge is 0.465 e. The maximum absolute atomic E-state index is 12.2. The van der Waals surface area contributed by atoms with E-state index in [0.717, 1.165) is 12.7 Å². The SMILES string of the molecule is COC(=O)C1=CC=C(c2ccccc2C)S1(=O)=O. The maximum atomic E-state index is 12.2. The second-order valence-corrected chi connectivity index (χ2v) is 5.76. The molecule has 1 aliphatic rings. The van der Waals surface area contributed by atoms with E-state index < -0.39 is 15.8 Å². The highest BCUT2D eigenvalue weighted by Crippen LogP contribution is 2.34. The lowest BCUT2D eigenvalue weighted by Gasteiger charge is -2.08. The Morgan fingerprint density at radius 2 is 1.83 bits per heavy atom. The molecule has 0 saturated heterocycles. The predicted octanol–water partition coefficient (Wildman–Crippen LogP) is 1.82. The molecule has 1 aliphatic heterocycles. The van der Waals surface area contributed by atoms with E-state index in [-0.39, 0.29) is 9.81 Å². The highest BCUT2D eigenvalue weighted by molar-refractivity contribution is 8.05. The molecule has 1 aromatic carbocycles. The normalized spacial score (nSPS) is 17.0. The average Bonchev–Trinajstić information content (AvgIpc) is 2.64. The average molecular weight is 264 g/mol. The summed E-state index contributed by atoms with van der Waals surface area (Å²) in [5, 5.41) is 0. The van der Waals surface area contributed by atoms with Crippen LogP contribution in [0.3, 0.4) is 0 Å². The quantitative estimate of drug-likeness (QED) is 0.764. The fourth-order valence-corrected chi connectivity index (χ4v) is 3.36. The van der Waals surface area contributed by atoms with Crippen LogP contribution in [0, 0.1) is 6.92 Å². The number of carbonyl (C=O) groups excluding carboxylic acids is 1. The van der Waals surface area contributed by atoms with Crippen LogP contribution >= 0.6 is 0 Å². The Bertz CT molecular complexity index is 666. The third-order valence-corrected chi connectivity index (χ3v) is 4.58. The summed E-state index contributed by atoms with van der Waals surface area (Å²) in [4.78, 5) is 11.2. The lowest BCUT2D eigenvalue weighted by Crippen LogP contribution is -2.13. The van der Waals surface area contributed by atoms with Gasteiger partial charge in [0, 0.05) is 0 Å².